The highest BCUT2D eigenvalue weighted by Crippen LogP contribution is 2.20. The molecule has 0 aliphatic carbocycles. The lowest BCUT2D eigenvalue weighted by Gasteiger charge is -2.21. The molecule has 3 heteroatoms. The molecule has 0 spiro atoms. The van der Waals surface area contributed by atoms with E-state index in [4.69, 9.17) is 16.0 Å². The lowest BCUT2D eigenvalue weighted by Crippen LogP contribution is -2.22. The van der Waals surface area contributed by atoms with Crippen molar-refractivity contribution < 1.29 is 9.47 Å². The molecule has 3 nitrogen and oxygen atoms in total. The van der Waals surface area contributed by atoms with Crippen molar-refractivity contribution >= 4 is 11.8 Å². The van der Waals surface area contributed by atoms with E-state index < -0.39 is 0 Å². The fraction of sp³-hybridized carbons (Fsp3) is 0.400. The Hall–Kier alpha value is -1.63. The van der Waals surface area contributed by atoms with Gasteiger partial charge in [-0.05, 0) is 24.8 Å². The molecule has 1 fully saturated rings. The van der Waals surface area contributed by atoms with Gasteiger partial charge in [-0.1, -0.05) is 36.4 Å². The van der Waals surface area contributed by atoms with Crippen molar-refractivity contribution in [2.45, 2.75) is 25.6 Å². The first kappa shape index (κ1) is 12.8. The van der Waals surface area contributed by atoms with Gasteiger partial charge in [-0.3, -0.25) is 0 Å². The number of hydrogen-bond donors (Lipinski definition) is 0. The van der Waals surface area contributed by atoms with Crippen LogP contribution in [0.25, 0.3) is 10.9 Å². The maximum atomic E-state index is 7.07. The van der Waals surface area contributed by atoms with E-state index in [9.17, 15) is 0 Å². The van der Waals surface area contributed by atoms with Crippen LogP contribution in [0.3, 0.4) is 0 Å². The Morgan fingerprint density at radius 2 is 2.28 bits per heavy atom. The maximum absolute atomic E-state index is 7.07. The van der Waals surface area contributed by atoms with E-state index in [2.05, 4.69) is 4.85 Å². The van der Waals surface area contributed by atoms with Gasteiger partial charge in [-0.2, -0.15) is 0 Å². The molecule has 18 heavy (non-hydrogen) atoms. The average Bonchev–Trinajstić information content (AvgIpc) is 2.45. The van der Waals surface area contributed by atoms with Crippen LogP contribution in [0.4, 0.5) is 5.69 Å². The molecule has 2 rings (SSSR count). The summed E-state index contributed by atoms with van der Waals surface area (Å²) >= 11 is 0. The van der Waals surface area contributed by atoms with Gasteiger partial charge < -0.3 is 9.47 Å². The first-order valence-corrected chi connectivity index (χ1v) is 6.26. The molecule has 1 unspecified atom stereocenters. The predicted molar refractivity (Wildman–Crippen MR) is 71.3 cm³/mol. The highest BCUT2D eigenvalue weighted by atomic mass is 16.7. The van der Waals surface area contributed by atoms with E-state index in [1.54, 1.807) is 0 Å². The Labute approximate surface area is 108 Å². The second kappa shape index (κ2) is 6.95. The molecule has 1 aliphatic rings. The van der Waals surface area contributed by atoms with Gasteiger partial charge in [0, 0.05) is 6.61 Å². The SMILES string of the molecule is [C-]#[N+]c1ccccc1/C=C/COC1CCCCO1. The molecule has 1 aromatic rings. The summed E-state index contributed by atoms with van der Waals surface area (Å²) in [7, 11) is 0. The highest BCUT2D eigenvalue weighted by molar-refractivity contribution is 5.67. The lowest BCUT2D eigenvalue weighted by molar-refractivity contribution is -0.155. The van der Waals surface area contributed by atoms with Crippen molar-refractivity contribution in [2.24, 2.45) is 0 Å². The molecular formula is C15H17NO2. The van der Waals surface area contributed by atoms with Crippen molar-refractivity contribution in [3.05, 3.63) is 47.3 Å². The normalized spacial score (nSPS) is 19.8. The van der Waals surface area contributed by atoms with Crippen LogP contribution in [0.5, 0.6) is 0 Å². The van der Waals surface area contributed by atoms with Crippen LogP contribution in [-0.4, -0.2) is 19.5 Å². The summed E-state index contributed by atoms with van der Waals surface area (Å²) in [5.74, 6) is 0. The molecule has 0 aromatic heterocycles. The molecule has 0 amide bonds. The number of rotatable bonds is 4. The molecule has 0 saturated carbocycles. The Morgan fingerprint density at radius 1 is 1.39 bits per heavy atom. The van der Waals surface area contributed by atoms with Crippen molar-refractivity contribution in [2.75, 3.05) is 13.2 Å². The quantitative estimate of drug-likeness (QED) is 0.751. The van der Waals surface area contributed by atoms with E-state index in [1.165, 1.54) is 6.42 Å². The molecule has 0 radical (unpaired) electrons. The molecule has 94 valence electrons. The van der Waals surface area contributed by atoms with E-state index in [0.29, 0.717) is 12.3 Å². The second-order valence-electron chi connectivity index (χ2n) is 4.20. The molecule has 1 aliphatic heterocycles. The van der Waals surface area contributed by atoms with Gasteiger partial charge in [0.15, 0.2) is 12.0 Å². The van der Waals surface area contributed by atoms with Crippen LogP contribution in [-0.2, 0) is 9.47 Å². The van der Waals surface area contributed by atoms with Crippen LogP contribution >= 0.6 is 0 Å². The molecular weight excluding hydrogens is 226 g/mol. The summed E-state index contributed by atoms with van der Waals surface area (Å²) < 4.78 is 11.1. The first-order valence-electron chi connectivity index (χ1n) is 6.26. The minimum atomic E-state index is -0.0560. The minimum absolute atomic E-state index is 0.0560. The van der Waals surface area contributed by atoms with Gasteiger partial charge in [-0.15, -0.1) is 0 Å². The van der Waals surface area contributed by atoms with Crippen molar-refractivity contribution in [3.8, 4) is 0 Å². The summed E-state index contributed by atoms with van der Waals surface area (Å²) in [5, 5.41) is 0. The van der Waals surface area contributed by atoms with E-state index in [-0.39, 0.29) is 6.29 Å². The van der Waals surface area contributed by atoms with Gasteiger partial charge in [0.2, 0.25) is 0 Å². The monoisotopic (exact) mass is 243 g/mol. The van der Waals surface area contributed by atoms with E-state index in [0.717, 1.165) is 25.0 Å². The van der Waals surface area contributed by atoms with Gasteiger partial charge >= 0.3 is 0 Å². The molecule has 1 atom stereocenters. The largest absolute Gasteiger partial charge is 0.353 e. The summed E-state index contributed by atoms with van der Waals surface area (Å²) in [6, 6.07) is 7.55. The van der Waals surface area contributed by atoms with Gasteiger partial charge in [0.1, 0.15) is 0 Å². The fourth-order valence-electron chi connectivity index (χ4n) is 1.91. The van der Waals surface area contributed by atoms with Crippen LogP contribution in [0.15, 0.2) is 30.3 Å². The third kappa shape index (κ3) is 3.69. The van der Waals surface area contributed by atoms with Crippen LogP contribution in [0.2, 0.25) is 0 Å². The summed E-state index contributed by atoms with van der Waals surface area (Å²) in [5.41, 5.74) is 1.60. The number of nitrogens with zero attached hydrogens (tertiary/aromatic N) is 1. The lowest BCUT2D eigenvalue weighted by atomic mass is 10.1. The topological polar surface area (TPSA) is 22.8 Å². The summed E-state index contributed by atoms with van der Waals surface area (Å²) in [6.45, 7) is 8.39. The van der Waals surface area contributed by atoms with Gasteiger partial charge in [0.05, 0.1) is 13.2 Å². The molecule has 1 aromatic carbocycles. The van der Waals surface area contributed by atoms with E-state index in [1.807, 2.05) is 36.4 Å². The van der Waals surface area contributed by atoms with Crippen molar-refractivity contribution in [1.82, 2.24) is 0 Å². The molecule has 0 N–H and O–H groups in total. The number of benzene rings is 1. The minimum Gasteiger partial charge on any atom is -0.353 e. The summed E-state index contributed by atoms with van der Waals surface area (Å²) in [4.78, 5) is 3.47. The smallest absolute Gasteiger partial charge is 0.194 e. The highest BCUT2D eigenvalue weighted by Gasteiger charge is 2.12. The summed E-state index contributed by atoms with van der Waals surface area (Å²) in [6.07, 6.45) is 7.09. The van der Waals surface area contributed by atoms with Crippen molar-refractivity contribution in [1.29, 1.82) is 0 Å². The zero-order valence-electron chi connectivity index (χ0n) is 10.3. The molecule has 1 heterocycles. The Balaban J connectivity index is 1.82. The average molecular weight is 243 g/mol. The van der Waals surface area contributed by atoms with Gasteiger partial charge in [0.25, 0.3) is 0 Å². The zero-order chi connectivity index (χ0) is 12.6. The first-order chi connectivity index (χ1) is 8.90. The molecule has 1 saturated heterocycles. The molecule has 0 bridgehead atoms. The maximum Gasteiger partial charge on any atom is 0.194 e. The fourth-order valence-corrected chi connectivity index (χ4v) is 1.91. The number of para-hydroxylation sites is 1. The Bertz CT molecular complexity index is 442. The van der Waals surface area contributed by atoms with Gasteiger partial charge in [-0.25, -0.2) is 4.85 Å². The van der Waals surface area contributed by atoms with Crippen molar-refractivity contribution in [3.63, 3.8) is 0 Å². The number of hydrogen-bond acceptors (Lipinski definition) is 2. The van der Waals surface area contributed by atoms with Crippen LogP contribution < -0.4 is 0 Å². The third-order valence-electron chi connectivity index (χ3n) is 2.87. The number of ether oxygens (including phenoxy) is 2. The Morgan fingerprint density at radius 3 is 3.06 bits per heavy atom. The second-order valence-corrected chi connectivity index (χ2v) is 4.20. The van der Waals surface area contributed by atoms with Crippen LogP contribution in [0.1, 0.15) is 24.8 Å². The third-order valence-corrected chi connectivity index (χ3v) is 2.87. The zero-order valence-corrected chi connectivity index (χ0v) is 10.3. The van der Waals surface area contributed by atoms with Crippen LogP contribution in [0, 0.1) is 6.57 Å². The predicted octanol–water partition coefficient (Wildman–Crippen LogP) is 3.79. The standard InChI is InChI=1S/C15H17NO2/c1-16-14-9-3-2-7-13(14)8-6-12-18-15-10-4-5-11-17-15/h2-3,6-9,15H,4-5,10-12H2/b8-6+. The Kier molecular flexibility index (Phi) is 4.95. The van der Waals surface area contributed by atoms with E-state index >= 15 is 0 Å².